The SMILES string of the molecule is CC(C=CC1(O)C(C)=CC(=O)CC1(C)C)=CC(=O)OC1OC(CO)C(O)C(O)C1O. The van der Waals surface area contributed by atoms with Crippen LogP contribution in [0.3, 0.4) is 0 Å². The second-order valence-corrected chi connectivity index (χ2v) is 8.48. The summed E-state index contributed by atoms with van der Waals surface area (Å²) in [5, 5.41) is 49.7. The second-order valence-electron chi connectivity index (χ2n) is 8.48. The van der Waals surface area contributed by atoms with Crippen LogP contribution in [0.2, 0.25) is 0 Å². The summed E-state index contributed by atoms with van der Waals surface area (Å²) in [4.78, 5) is 24.0. The van der Waals surface area contributed by atoms with Crippen LogP contribution in [0.5, 0.6) is 0 Å². The Hall–Kier alpha value is -1.88. The van der Waals surface area contributed by atoms with Gasteiger partial charge in [0, 0.05) is 17.9 Å². The van der Waals surface area contributed by atoms with Gasteiger partial charge in [-0.05, 0) is 37.1 Å². The normalized spacial score (nSPS) is 37.2. The van der Waals surface area contributed by atoms with Gasteiger partial charge in [-0.25, -0.2) is 4.79 Å². The van der Waals surface area contributed by atoms with Crippen molar-refractivity contribution < 1.29 is 44.6 Å². The highest BCUT2D eigenvalue weighted by atomic mass is 16.7. The van der Waals surface area contributed by atoms with Crippen molar-refractivity contribution in [3.8, 4) is 0 Å². The molecule has 9 nitrogen and oxygen atoms in total. The molecule has 2 aliphatic rings. The molecular formula is C21H30O9. The number of hydrogen-bond acceptors (Lipinski definition) is 9. The number of carbonyl (C=O) groups is 2. The topological polar surface area (TPSA) is 154 Å². The number of allylic oxidation sites excluding steroid dienone is 3. The third kappa shape index (κ3) is 4.88. The van der Waals surface area contributed by atoms with Crippen molar-refractivity contribution in [1.29, 1.82) is 0 Å². The standard InChI is InChI=1S/C21H30O9/c1-11(5-6-21(28)12(2)8-13(23)9-20(21,3)4)7-15(24)30-19-18(27)17(26)16(25)14(10-22)29-19/h5-8,14,16-19,22,25-28H,9-10H2,1-4H3. The van der Waals surface area contributed by atoms with Gasteiger partial charge in [0.15, 0.2) is 5.78 Å². The van der Waals surface area contributed by atoms with Crippen LogP contribution in [0.25, 0.3) is 0 Å². The molecule has 0 aromatic carbocycles. The maximum Gasteiger partial charge on any atom is 0.333 e. The molecule has 5 N–H and O–H groups in total. The van der Waals surface area contributed by atoms with Crippen LogP contribution in [-0.4, -0.2) is 80.2 Å². The van der Waals surface area contributed by atoms with Gasteiger partial charge in [-0.15, -0.1) is 0 Å². The van der Waals surface area contributed by atoms with Gasteiger partial charge in [0.2, 0.25) is 6.29 Å². The Morgan fingerprint density at radius 2 is 1.90 bits per heavy atom. The van der Waals surface area contributed by atoms with E-state index >= 15 is 0 Å². The van der Waals surface area contributed by atoms with Gasteiger partial charge in [0.25, 0.3) is 0 Å². The number of rotatable bonds is 5. The molecule has 0 aromatic rings. The summed E-state index contributed by atoms with van der Waals surface area (Å²) in [5.41, 5.74) is -1.21. The molecule has 0 saturated carbocycles. The Kier molecular flexibility index (Phi) is 7.39. The molecule has 1 heterocycles. The van der Waals surface area contributed by atoms with E-state index in [0.717, 1.165) is 6.08 Å². The molecule has 2 rings (SSSR count). The summed E-state index contributed by atoms with van der Waals surface area (Å²) in [6.45, 7) is 6.17. The first-order valence-corrected chi connectivity index (χ1v) is 9.65. The highest BCUT2D eigenvalue weighted by Gasteiger charge is 2.47. The van der Waals surface area contributed by atoms with Crippen LogP contribution < -0.4 is 0 Å². The molecule has 1 saturated heterocycles. The molecule has 0 aromatic heterocycles. The zero-order valence-corrected chi connectivity index (χ0v) is 17.5. The number of carbonyl (C=O) groups excluding carboxylic acids is 2. The summed E-state index contributed by atoms with van der Waals surface area (Å²) >= 11 is 0. The maximum absolute atomic E-state index is 12.2. The molecule has 0 bridgehead atoms. The molecule has 0 amide bonds. The number of aliphatic hydroxyl groups is 5. The number of ketones is 1. The summed E-state index contributed by atoms with van der Waals surface area (Å²) in [5.74, 6) is -0.954. The van der Waals surface area contributed by atoms with Crippen LogP contribution in [0.1, 0.15) is 34.1 Å². The summed E-state index contributed by atoms with van der Waals surface area (Å²) in [7, 11) is 0. The molecule has 0 radical (unpaired) electrons. The molecule has 9 heteroatoms. The highest BCUT2D eigenvalue weighted by Crippen LogP contribution is 2.44. The quantitative estimate of drug-likeness (QED) is 0.222. The van der Waals surface area contributed by atoms with Crippen molar-refractivity contribution in [3.05, 3.63) is 35.5 Å². The van der Waals surface area contributed by atoms with E-state index in [1.165, 1.54) is 18.2 Å². The lowest BCUT2D eigenvalue weighted by molar-refractivity contribution is -0.291. The van der Waals surface area contributed by atoms with Gasteiger partial charge >= 0.3 is 5.97 Å². The third-order valence-electron chi connectivity index (χ3n) is 5.64. The molecule has 1 aliphatic carbocycles. The Morgan fingerprint density at radius 3 is 2.47 bits per heavy atom. The Bertz CT molecular complexity index is 764. The first-order valence-electron chi connectivity index (χ1n) is 9.65. The van der Waals surface area contributed by atoms with Crippen LogP contribution in [0.4, 0.5) is 0 Å². The minimum atomic E-state index is -1.69. The Labute approximate surface area is 174 Å². The number of esters is 1. The molecule has 168 valence electrons. The van der Waals surface area contributed by atoms with Crippen LogP contribution in [0, 0.1) is 5.41 Å². The van der Waals surface area contributed by atoms with Crippen molar-refractivity contribution in [2.45, 2.75) is 70.4 Å². The predicted molar refractivity (Wildman–Crippen MR) is 105 cm³/mol. The van der Waals surface area contributed by atoms with E-state index < -0.39 is 54.3 Å². The summed E-state index contributed by atoms with van der Waals surface area (Å²) < 4.78 is 10.1. The van der Waals surface area contributed by atoms with Gasteiger partial charge in [-0.2, -0.15) is 0 Å². The van der Waals surface area contributed by atoms with E-state index in [4.69, 9.17) is 9.47 Å². The zero-order valence-electron chi connectivity index (χ0n) is 17.5. The van der Waals surface area contributed by atoms with Gasteiger partial charge in [-0.1, -0.05) is 19.9 Å². The van der Waals surface area contributed by atoms with Crippen molar-refractivity contribution in [3.63, 3.8) is 0 Å². The monoisotopic (exact) mass is 426 g/mol. The lowest BCUT2D eigenvalue weighted by Gasteiger charge is -2.44. The largest absolute Gasteiger partial charge is 0.430 e. The highest BCUT2D eigenvalue weighted by molar-refractivity contribution is 5.92. The van der Waals surface area contributed by atoms with E-state index in [1.807, 2.05) is 0 Å². The van der Waals surface area contributed by atoms with Crippen LogP contribution >= 0.6 is 0 Å². The fourth-order valence-electron chi connectivity index (χ4n) is 3.66. The van der Waals surface area contributed by atoms with Crippen molar-refractivity contribution in [1.82, 2.24) is 0 Å². The van der Waals surface area contributed by atoms with E-state index in [1.54, 1.807) is 27.7 Å². The lowest BCUT2D eigenvalue weighted by atomic mass is 9.64. The summed E-state index contributed by atoms with van der Waals surface area (Å²) in [6.07, 6.45) is -1.95. The maximum atomic E-state index is 12.2. The van der Waals surface area contributed by atoms with Crippen LogP contribution in [0.15, 0.2) is 35.5 Å². The minimum absolute atomic E-state index is 0.0639. The third-order valence-corrected chi connectivity index (χ3v) is 5.64. The summed E-state index contributed by atoms with van der Waals surface area (Å²) in [6, 6.07) is 0. The molecular weight excluding hydrogens is 396 g/mol. The fraction of sp³-hybridized carbons (Fsp3) is 0.619. The minimum Gasteiger partial charge on any atom is -0.430 e. The molecule has 6 unspecified atom stereocenters. The molecule has 6 atom stereocenters. The Morgan fingerprint density at radius 1 is 1.27 bits per heavy atom. The van der Waals surface area contributed by atoms with E-state index in [-0.39, 0.29) is 12.2 Å². The van der Waals surface area contributed by atoms with E-state index in [9.17, 15) is 35.1 Å². The predicted octanol–water partition coefficient (Wildman–Crippen LogP) is -0.492. The number of aliphatic hydroxyl groups excluding tert-OH is 4. The second kappa shape index (κ2) is 9.09. The smallest absolute Gasteiger partial charge is 0.333 e. The first-order chi connectivity index (χ1) is 13.8. The Balaban J connectivity index is 2.11. The molecule has 0 spiro atoms. The fourth-order valence-corrected chi connectivity index (χ4v) is 3.66. The van der Waals surface area contributed by atoms with Gasteiger partial charge in [0.1, 0.15) is 30.0 Å². The lowest BCUT2D eigenvalue weighted by Crippen LogP contribution is -2.59. The van der Waals surface area contributed by atoms with Crippen molar-refractivity contribution in [2.75, 3.05) is 6.61 Å². The van der Waals surface area contributed by atoms with Crippen molar-refractivity contribution in [2.24, 2.45) is 5.41 Å². The van der Waals surface area contributed by atoms with Gasteiger partial charge < -0.3 is 35.0 Å². The average Bonchev–Trinajstić information content (AvgIpc) is 2.64. The first kappa shape index (κ1) is 24.4. The van der Waals surface area contributed by atoms with Crippen LogP contribution in [-0.2, 0) is 19.1 Å². The molecule has 1 fully saturated rings. The van der Waals surface area contributed by atoms with E-state index in [0.29, 0.717) is 11.1 Å². The molecule has 30 heavy (non-hydrogen) atoms. The number of ether oxygens (including phenoxy) is 2. The number of hydrogen-bond donors (Lipinski definition) is 5. The van der Waals surface area contributed by atoms with E-state index in [2.05, 4.69) is 0 Å². The molecule has 1 aliphatic heterocycles. The average molecular weight is 426 g/mol. The van der Waals surface area contributed by atoms with Crippen molar-refractivity contribution >= 4 is 11.8 Å². The van der Waals surface area contributed by atoms with Gasteiger partial charge in [-0.3, -0.25) is 4.79 Å². The van der Waals surface area contributed by atoms with Gasteiger partial charge in [0.05, 0.1) is 6.61 Å². The zero-order chi connectivity index (χ0) is 22.9.